The molecule has 5 amide bonds. The Balaban J connectivity index is 1.57. The van der Waals surface area contributed by atoms with Crippen LogP contribution in [0.3, 0.4) is 0 Å². The Hall–Kier alpha value is -6.48. The quantitative estimate of drug-likeness (QED) is 0.102. The van der Waals surface area contributed by atoms with Crippen LogP contribution in [0.15, 0.2) is 82.8 Å². The Morgan fingerprint density at radius 2 is 1.09 bits per heavy atom. The maximum Gasteiger partial charge on any atom is 0.412 e. The summed E-state index contributed by atoms with van der Waals surface area (Å²) in [5.74, 6) is 0. The van der Waals surface area contributed by atoms with Gasteiger partial charge in [-0.15, -0.1) is 0 Å². The maximum absolute atomic E-state index is 12.6. The number of anilines is 3. The highest BCUT2D eigenvalue weighted by atomic mass is 16.6. The molecule has 0 aliphatic carbocycles. The Morgan fingerprint density at radius 1 is 0.667 bits per heavy atom. The lowest BCUT2D eigenvalue weighted by Crippen LogP contribution is -2.45. The smallest absolute Gasteiger partial charge is 0.412 e. The van der Waals surface area contributed by atoms with Crippen molar-refractivity contribution in [1.82, 2.24) is 10.6 Å². The van der Waals surface area contributed by atoms with E-state index in [0.717, 1.165) is 16.7 Å². The van der Waals surface area contributed by atoms with Gasteiger partial charge in [-0.2, -0.15) is 5.26 Å². The third-order valence-electron chi connectivity index (χ3n) is 5.83. The number of nitrogens with zero attached hydrogens (tertiary/aromatic N) is 3. The van der Waals surface area contributed by atoms with Gasteiger partial charge >= 0.3 is 18.2 Å². The zero-order chi connectivity index (χ0) is 32.3. The standard InChI is InChI=1S/C30H28N8O7/c31-18-44-17-23-5-11-25(12-6-23)37-29(42)35-16-27(45-30(43)38-26-9-3-22(4-10-26)14-33-20-40)15-34-28(41)36-24-7-1-21(2-8-24)13-32-19-39/h1-12,27H,13-17H2,(H,38,43)(H2,34,36,41)(H2,35,37,42). The lowest BCUT2D eigenvalue weighted by atomic mass is 10.2. The van der Waals surface area contributed by atoms with Crippen LogP contribution in [0, 0.1) is 11.5 Å². The van der Waals surface area contributed by atoms with Crippen LogP contribution in [-0.2, 0) is 38.8 Å². The largest absolute Gasteiger partial charge is 0.442 e. The lowest BCUT2D eigenvalue weighted by Gasteiger charge is -2.20. The number of carbonyl (C=O) groups excluding carboxylic acids is 5. The molecule has 0 fully saturated rings. The molecule has 1 atom stereocenters. The van der Waals surface area contributed by atoms with E-state index >= 15 is 0 Å². The van der Waals surface area contributed by atoms with Crippen LogP contribution >= 0.6 is 0 Å². The van der Waals surface area contributed by atoms with Gasteiger partial charge in [0.05, 0.1) is 26.2 Å². The van der Waals surface area contributed by atoms with E-state index in [-0.39, 0.29) is 32.8 Å². The zero-order valence-corrected chi connectivity index (χ0v) is 23.7. The summed E-state index contributed by atoms with van der Waals surface area (Å²) in [6.45, 7) is 0.0882. The second-order valence-corrected chi connectivity index (χ2v) is 9.11. The molecule has 5 N–H and O–H groups in total. The van der Waals surface area contributed by atoms with Crippen molar-refractivity contribution in [3.05, 3.63) is 89.5 Å². The third-order valence-corrected chi connectivity index (χ3v) is 5.83. The number of hydrogen-bond donors (Lipinski definition) is 5. The molecule has 3 rings (SSSR count). The van der Waals surface area contributed by atoms with E-state index in [1.54, 1.807) is 79.1 Å². The molecule has 0 radical (unpaired) electrons. The Bertz CT molecular complexity index is 1580. The summed E-state index contributed by atoms with van der Waals surface area (Å²) in [6, 6.07) is 18.6. The number of hydrogen-bond acceptors (Lipinski definition) is 10. The third kappa shape index (κ3) is 12.5. The monoisotopic (exact) mass is 612 g/mol. The summed E-state index contributed by atoms with van der Waals surface area (Å²) in [4.78, 5) is 65.3. The number of nitrogens with one attached hydrogen (secondary N) is 5. The minimum Gasteiger partial charge on any atom is -0.442 e. The molecule has 0 saturated heterocycles. The topological polar surface area (TPSA) is 212 Å². The van der Waals surface area contributed by atoms with Crippen molar-refractivity contribution in [2.45, 2.75) is 25.8 Å². The fourth-order valence-corrected chi connectivity index (χ4v) is 3.65. The highest BCUT2D eigenvalue weighted by Gasteiger charge is 2.18. The van der Waals surface area contributed by atoms with Gasteiger partial charge in [-0.05, 0) is 53.1 Å². The second kappa shape index (κ2) is 18.1. The SMILES string of the molecule is N#COCc1ccc(NC(=O)NCC(CNC(=O)Nc2ccc(CN=C=O)cc2)OC(=O)Nc2ccc(CN=C=O)cc2)cc1. The van der Waals surface area contributed by atoms with Crippen LogP contribution in [0.25, 0.3) is 0 Å². The van der Waals surface area contributed by atoms with E-state index in [2.05, 4.69) is 41.3 Å². The molecule has 0 saturated carbocycles. The van der Waals surface area contributed by atoms with Gasteiger partial charge in [-0.25, -0.2) is 34.0 Å². The number of carbonyl (C=O) groups is 3. The molecule has 15 heteroatoms. The normalized spacial score (nSPS) is 10.4. The van der Waals surface area contributed by atoms with E-state index in [4.69, 9.17) is 10.00 Å². The summed E-state index contributed by atoms with van der Waals surface area (Å²) in [5.41, 5.74) is 3.55. The van der Waals surface area contributed by atoms with E-state index in [0.29, 0.717) is 17.1 Å². The van der Waals surface area contributed by atoms with Crippen LogP contribution in [-0.4, -0.2) is 49.5 Å². The van der Waals surface area contributed by atoms with Gasteiger partial charge in [0.15, 0.2) is 0 Å². The lowest BCUT2D eigenvalue weighted by molar-refractivity contribution is 0.111. The zero-order valence-electron chi connectivity index (χ0n) is 23.7. The van der Waals surface area contributed by atoms with Crippen LogP contribution in [0.2, 0.25) is 0 Å². The summed E-state index contributed by atoms with van der Waals surface area (Å²) in [5, 5.41) is 21.5. The van der Waals surface area contributed by atoms with Crippen LogP contribution in [0.4, 0.5) is 31.4 Å². The van der Waals surface area contributed by atoms with Crippen molar-refractivity contribution in [1.29, 1.82) is 5.26 Å². The second-order valence-electron chi connectivity index (χ2n) is 9.11. The molecule has 0 aliphatic heterocycles. The summed E-state index contributed by atoms with van der Waals surface area (Å²) < 4.78 is 10.1. The number of urea groups is 2. The molecular weight excluding hydrogens is 584 g/mol. The molecule has 0 spiro atoms. The molecule has 0 heterocycles. The van der Waals surface area contributed by atoms with Crippen molar-refractivity contribution in [3.63, 3.8) is 0 Å². The van der Waals surface area contributed by atoms with Gasteiger partial charge in [-0.3, -0.25) is 5.32 Å². The fraction of sp³-hybridized carbons (Fsp3) is 0.200. The van der Waals surface area contributed by atoms with E-state index in [9.17, 15) is 24.0 Å². The predicted octanol–water partition coefficient (Wildman–Crippen LogP) is 3.92. The molecule has 0 bridgehead atoms. The van der Waals surface area contributed by atoms with E-state index in [1.807, 2.05) is 0 Å². The Kier molecular flexibility index (Phi) is 13.3. The van der Waals surface area contributed by atoms with Crippen LogP contribution in [0.1, 0.15) is 16.7 Å². The molecule has 3 aromatic rings. The first-order valence-electron chi connectivity index (χ1n) is 13.3. The fourth-order valence-electron chi connectivity index (χ4n) is 3.65. The minimum atomic E-state index is -0.989. The molecule has 230 valence electrons. The molecule has 3 aromatic carbocycles. The maximum atomic E-state index is 12.6. The minimum absolute atomic E-state index is 0.102. The molecule has 0 aromatic heterocycles. The van der Waals surface area contributed by atoms with Crippen molar-refractivity contribution in [2.24, 2.45) is 9.98 Å². The molecular formula is C30H28N8O7. The van der Waals surface area contributed by atoms with Gasteiger partial charge in [0.1, 0.15) is 12.7 Å². The summed E-state index contributed by atoms with van der Waals surface area (Å²) in [6.07, 6.45) is 2.67. The van der Waals surface area contributed by atoms with E-state index in [1.165, 1.54) is 12.2 Å². The summed E-state index contributed by atoms with van der Waals surface area (Å²) in [7, 11) is 0. The van der Waals surface area contributed by atoms with Gasteiger partial charge in [0.25, 0.3) is 6.26 Å². The highest BCUT2D eigenvalue weighted by molar-refractivity contribution is 5.90. The van der Waals surface area contributed by atoms with Gasteiger partial charge in [0.2, 0.25) is 12.2 Å². The number of amides is 5. The number of benzene rings is 3. The first kappa shape index (κ1) is 33.0. The number of rotatable bonds is 14. The Labute approximate surface area is 257 Å². The predicted molar refractivity (Wildman–Crippen MR) is 161 cm³/mol. The number of isocyanates is 2. The van der Waals surface area contributed by atoms with Crippen molar-refractivity contribution in [2.75, 3.05) is 29.0 Å². The van der Waals surface area contributed by atoms with Gasteiger partial charge < -0.3 is 30.7 Å². The molecule has 45 heavy (non-hydrogen) atoms. The molecule has 1 unspecified atom stereocenters. The summed E-state index contributed by atoms with van der Waals surface area (Å²) >= 11 is 0. The Morgan fingerprint density at radius 3 is 1.51 bits per heavy atom. The van der Waals surface area contributed by atoms with Gasteiger partial charge in [0, 0.05) is 17.1 Å². The molecule has 0 aliphatic rings. The number of nitriles is 1. The van der Waals surface area contributed by atoms with E-state index < -0.39 is 24.3 Å². The van der Waals surface area contributed by atoms with Crippen molar-refractivity contribution < 1.29 is 33.4 Å². The first-order valence-corrected chi connectivity index (χ1v) is 13.3. The molecule has 15 nitrogen and oxygen atoms in total. The number of ether oxygens (including phenoxy) is 2. The first-order chi connectivity index (χ1) is 21.9. The average Bonchev–Trinajstić information content (AvgIpc) is 3.05. The van der Waals surface area contributed by atoms with Crippen molar-refractivity contribution >= 4 is 47.4 Å². The van der Waals surface area contributed by atoms with Gasteiger partial charge in [-0.1, -0.05) is 36.4 Å². The van der Waals surface area contributed by atoms with Crippen LogP contribution in [0.5, 0.6) is 0 Å². The highest BCUT2D eigenvalue weighted by Crippen LogP contribution is 2.13. The van der Waals surface area contributed by atoms with Crippen molar-refractivity contribution in [3.8, 4) is 6.26 Å². The average molecular weight is 613 g/mol. The van der Waals surface area contributed by atoms with Crippen LogP contribution < -0.4 is 26.6 Å². The number of aliphatic imine (C=N–C) groups is 2.